The number of hydrogen-bond donors (Lipinski definition) is 1. The van der Waals surface area contributed by atoms with E-state index in [9.17, 15) is 0 Å². The highest BCUT2D eigenvalue weighted by atomic mass is 16.7. The third-order valence-corrected chi connectivity index (χ3v) is 5.74. The number of likely N-dealkylation sites (tertiary alicyclic amines) is 1. The Morgan fingerprint density at radius 1 is 1.24 bits per heavy atom. The lowest BCUT2D eigenvalue weighted by atomic mass is 9.81. The molecule has 0 amide bonds. The normalized spacial score (nSPS) is 25.5. The minimum Gasteiger partial charge on any atom is -0.399 e. The summed E-state index contributed by atoms with van der Waals surface area (Å²) in [6, 6.07) is 0.425. The summed E-state index contributed by atoms with van der Waals surface area (Å²) in [5.41, 5.74) is 5.79. The largest absolute Gasteiger partial charge is 0.498 e. The number of nitrogens with two attached hydrogens (primary N) is 1. The first-order valence-corrected chi connectivity index (χ1v) is 9.06. The van der Waals surface area contributed by atoms with Gasteiger partial charge in [0.2, 0.25) is 5.95 Å². The zero-order chi connectivity index (χ0) is 18.2. The van der Waals surface area contributed by atoms with Gasteiger partial charge in [-0.3, -0.25) is 4.90 Å². The third kappa shape index (κ3) is 3.67. The van der Waals surface area contributed by atoms with E-state index in [0.29, 0.717) is 12.6 Å². The van der Waals surface area contributed by atoms with E-state index in [0.717, 1.165) is 37.5 Å². The van der Waals surface area contributed by atoms with Crippen LogP contribution in [0.3, 0.4) is 0 Å². The summed E-state index contributed by atoms with van der Waals surface area (Å²) < 4.78 is 12.1. The van der Waals surface area contributed by atoms with Gasteiger partial charge in [-0.25, -0.2) is 9.97 Å². The Morgan fingerprint density at radius 3 is 2.40 bits per heavy atom. The Balaban J connectivity index is 1.65. The molecule has 1 unspecified atom stereocenters. The molecule has 1 aromatic heterocycles. The van der Waals surface area contributed by atoms with Crippen molar-refractivity contribution in [2.24, 2.45) is 5.73 Å². The van der Waals surface area contributed by atoms with E-state index in [-0.39, 0.29) is 11.2 Å². The van der Waals surface area contributed by atoms with Crippen LogP contribution in [-0.2, 0) is 9.31 Å². The average Bonchev–Trinajstić information content (AvgIpc) is 3.10. The van der Waals surface area contributed by atoms with Crippen molar-refractivity contribution >= 4 is 18.5 Å². The van der Waals surface area contributed by atoms with Crippen LogP contribution in [0.25, 0.3) is 0 Å². The topological polar surface area (TPSA) is 76.7 Å². The fourth-order valence-electron chi connectivity index (χ4n) is 3.29. The van der Waals surface area contributed by atoms with Crippen molar-refractivity contribution in [3.8, 4) is 0 Å². The summed E-state index contributed by atoms with van der Waals surface area (Å²) in [6.45, 7) is 11.9. The molecule has 0 aliphatic carbocycles. The van der Waals surface area contributed by atoms with Gasteiger partial charge in [0.1, 0.15) is 0 Å². The first-order valence-electron chi connectivity index (χ1n) is 9.06. The van der Waals surface area contributed by atoms with Crippen LogP contribution in [0.5, 0.6) is 0 Å². The number of rotatable bonds is 5. The summed E-state index contributed by atoms with van der Waals surface area (Å²) in [5.74, 6) is 0.736. The highest BCUT2D eigenvalue weighted by molar-refractivity contribution is 6.61. The van der Waals surface area contributed by atoms with Gasteiger partial charge in [0.25, 0.3) is 0 Å². The van der Waals surface area contributed by atoms with Gasteiger partial charge in [-0.2, -0.15) is 0 Å². The molecule has 7 nitrogen and oxygen atoms in total. The lowest BCUT2D eigenvalue weighted by Gasteiger charge is -2.32. The van der Waals surface area contributed by atoms with Crippen molar-refractivity contribution in [2.75, 3.05) is 38.1 Å². The average molecular weight is 347 g/mol. The minimum atomic E-state index is -0.420. The van der Waals surface area contributed by atoms with Crippen molar-refractivity contribution in [2.45, 2.75) is 51.4 Å². The van der Waals surface area contributed by atoms with Crippen LogP contribution in [0.2, 0.25) is 0 Å². The van der Waals surface area contributed by atoms with E-state index in [1.807, 2.05) is 40.1 Å². The van der Waals surface area contributed by atoms with Crippen LogP contribution >= 0.6 is 0 Å². The lowest BCUT2D eigenvalue weighted by molar-refractivity contribution is 0.00578. The number of hydrogen-bond acceptors (Lipinski definition) is 7. The van der Waals surface area contributed by atoms with Gasteiger partial charge in [-0.05, 0) is 34.1 Å². The van der Waals surface area contributed by atoms with E-state index in [2.05, 4.69) is 26.8 Å². The van der Waals surface area contributed by atoms with Gasteiger partial charge in [0, 0.05) is 57.1 Å². The molecule has 1 aromatic rings. The third-order valence-electron chi connectivity index (χ3n) is 5.74. The van der Waals surface area contributed by atoms with Gasteiger partial charge in [0.05, 0.1) is 11.2 Å². The van der Waals surface area contributed by atoms with Gasteiger partial charge in [-0.1, -0.05) is 0 Å². The van der Waals surface area contributed by atoms with Crippen molar-refractivity contribution < 1.29 is 9.31 Å². The molecule has 0 radical (unpaired) electrons. The molecule has 138 valence electrons. The summed E-state index contributed by atoms with van der Waals surface area (Å²) in [4.78, 5) is 13.6. The molecule has 0 aromatic carbocycles. The second-order valence-corrected chi connectivity index (χ2v) is 8.05. The first kappa shape index (κ1) is 18.6. The Morgan fingerprint density at radius 2 is 1.84 bits per heavy atom. The van der Waals surface area contributed by atoms with Crippen molar-refractivity contribution in [3.63, 3.8) is 0 Å². The molecule has 0 bridgehead atoms. The zero-order valence-electron chi connectivity index (χ0n) is 16.0. The lowest BCUT2D eigenvalue weighted by Crippen LogP contribution is -2.41. The second kappa shape index (κ2) is 6.83. The molecule has 25 heavy (non-hydrogen) atoms. The predicted molar refractivity (Wildman–Crippen MR) is 100 cm³/mol. The Labute approximate surface area is 151 Å². The number of aromatic nitrogens is 2. The van der Waals surface area contributed by atoms with Crippen molar-refractivity contribution in [3.05, 3.63) is 12.4 Å². The molecule has 0 saturated carbocycles. The molecular weight excluding hydrogens is 317 g/mol. The molecule has 2 aliphatic heterocycles. The number of nitrogens with zero attached hydrogens (tertiary/aromatic N) is 4. The number of anilines is 1. The van der Waals surface area contributed by atoms with E-state index in [4.69, 9.17) is 15.0 Å². The van der Waals surface area contributed by atoms with Gasteiger partial charge >= 0.3 is 7.12 Å². The monoisotopic (exact) mass is 347 g/mol. The minimum absolute atomic E-state index is 0.358. The molecule has 3 heterocycles. The molecular formula is C17H30BN5O2. The SMILES string of the molecule is CN(c1ncc(B2OC(C)(C)C(C)(C)O2)cn1)C1CCN(CCN)C1. The summed E-state index contributed by atoms with van der Waals surface area (Å²) >= 11 is 0. The predicted octanol–water partition coefficient (Wildman–Crippen LogP) is 0.245. The van der Waals surface area contributed by atoms with E-state index in [1.165, 1.54) is 0 Å². The quantitative estimate of drug-likeness (QED) is 0.765. The first-order chi connectivity index (χ1) is 11.7. The summed E-state index contributed by atoms with van der Waals surface area (Å²) in [7, 11) is 1.64. The fraction of sp³-hybridized carbons (Fsp3) is 0.765. The smallest absolute Gasteiger partial charge is 0.399 e. The molecule has 2 N–H and O–H groups in total. The maximum Gasteiger partial charge on any atom is 0.498 e. The fourth-order valence-corrected chi connectivity index (χ4v) is 3.29. The molecule has 2 aliphatic rings. The van der Waals surface area contributed by atoms with Gasteiger partial charge in [0.15, 0.2) is 0 Å². The van der Waals surface area contributed by atoms with E-state index < -0.39 is 7.12 Å². The van der Waals surface area contributed by atoms with Crippen LogP contribution in [0, 0.1) is 0 Å². The van der Waals surface area contributed by atoms with Crippen LogP contribution in [0.15, 0.2) is 12.4 Å². The Kier molecular flexibility index (Phi) is 5.08. The van der Waals surface area contributed by atoms with Crippen molar-refractivity contribution in [1.82, 2.24) is 14.9 Å². The Hall–Kier alpha value is -1.22. The van der Waals surface area contributed by atoms with Crippen molar-refractivity contribution in [1.29, 1.82) is 0 Å². The van der Waals surface area contributed by atoms with Crippen LogP contribution in [0.1, 0.15) is 34.1 Å². The molecule has 0 spiro atoms. The standard InChI is InChI=1S/C17H30BN5O2/c1-16(2)17(3,4)25-18(24-16)13-10-20-15(21-11-13)22(5)14-6-8-23(12-14)9-7-19/h10-11,14H,6-9,12,19H2,1-5H3. The summed E-state index contributed by atoms with van der Waals surface area (Å²) in [6.07, 6.45) is 4.74. The summed E-state index contributed by atoms with van der Waals surface area (Å²) in [5, 5.41) is 0. The number of likely N-dealkylation sites (N-methyl/N-ethyl adjacent to an activating group) is 1. The second-order valence-electron chi connectivity index (χ2n) is 8.05. The molecule has 2 fully saturated rings. The van der Waals surface area contributed by atoms with Gasteiger partial charge < -0.3 is 19.9 Å². The molecule has 2 saturated heterocycles. The zero-order valence-corrected chi connectivity index (χ0v) is 16.0. The molecule has 8 heteroatoms. The van der Waals surface area contributed by atoms with Crippen LogP contribution in [-0.4, -0.2) is 72.5 Å². The Bertz CT molecular complexity index is 579. The van der Waals surface area contributed by atoms with E-state index >= 15 is 0 Å². The van der Waals surface area contributed by atoms with Crippen LogP contribution in [0.4, 0.5) is 5.95 Å². The van der Waals surface area contributed by atoms with Crippen LogP contribution < -0.4 is 16.1 Å². The molecule has 1 atom stereocenters. The molecule has 3 rings (SSSR count). The maximum absolute atomic E-state index is 6.06. The highest BCUT2D eigenvalue weighted by Crippen LogP contribution is 2.36. The maximum atomic E-state index is 6.06. The highest BCUT2D eigenvalue weighted by Gasteiger charge is 2.52. The van der Waals surface area contributed by atoms with E-state index in [1.54, 1.807) is 0 Å². The van der Waals surface area contributed by atoms with Gasteiger partial charge in [-0.15, -0.1) is 0 Å².